The summed E-state index contributed by atoms with van der Waals surface area (Å²) in [6, 6.07) is 4.95. The van der Waals surface area contributed by atoms with Crippen LogP contribution >= 0.6 is 0 Å². The highest BCUT2D eigenvalue weighted by Crippen LogP contribution is 2.31. The second-order valence-corrected chi connectivity index (χ2v) is 3.11. The Hall–Kier alpha value is -1.91. The van der Waals surface area contributed by atoms with E-state index in [0.717, 1.165) is 12.1 Å². The molecule has 2 rings (SSSR count). The molecule has 0 bridgehead atoms. The SMILES string of the molecule is FC(F)(F)c1cccc(-c2cnc[c]n2)c1. The van der Waals surface area contributed by atoms with Crippen LogP contribution in [0.5, 0.6) is 0 Å². The maximum Gasteiger partial charge on any atom is 0.416 e. The summed E-state index contributed by atoms with van der Waals surface area (Å²) in [5.74, 6) is 0. The van der Waals surface area contributed by atoms with E-state index in [0.29, 0.717) is 11.3 Å². The first kappa shape index (κ1) is 10.6. The van der Waals surface area contributed by atoms with Gasteiger partial charge in [0.2, 0.25) is 0 Å². The summed E-state index contributed by atoms with van der Waals surface area (Å²) >= 11 is 0. The molecule has 0 unspecified atom stereocenters. The Balaban J connectivity index is 2.45. The van der Waals surface area contributed by atoms with Gasteiger partial charge in [-0.2, -0.15) is 13.2 Å². The third-order valence-electron chi connectivity index (χ3n) is 2.00. The third kappa shape index (κ3) is 2.18. The summed E-state index contributed by atoms with van der Waals surface area (Å²) in [5.41, 5.74) is 0.0448. The van der Waals surface area contributed by atoms with Crippen LogP contribution in [0.4, 0.5) is 13.2 Å². The zero-order valence-corrected chi connectivity index (χ0v) is 7.99. The first-order valence-electron chi connectivity index (χ1n) is 4.43. The average Bonchev–Trinajstić information content (AvgIpc) is 2.29. The van der Waals surface area contributed by atoms with Gasteiger partial charge in [-0.05, 0) is 12.1 Å². The minimum absolute atomic E-state index is 0.369. The van der Waals surface area contributed by atoms with E-state index in [1.165, 1.54) is 18.5 Å². The Morgan fingerprint density at radius 3 is 2.62 bits per heavy atom. The van der Waals surface area contributed by atoms with Gasteiger partial charge in [-0.1, -0.05) is 12.1 Å². The highest BCUT2D eigenvalue weighted by atomic mass is 19.4. The second-order valence-electron chi connectivity index (χ2n) is 3.11. The molecule has 5 heteroatoms. The largest absolute Gasteiger partial charge is 0.416 e. The van der Waals surface area contributed by atoms with Crippen LogP contribution in [-0.4, -0.2) is 9.97 Å². The quantitative estimate of drug-likeness (QED) is 0.742. The van der Waals surface area contributed by atoms with Crippen LogP contribution in [0.3, 0.4) is 0 Å². The van der Waals surface area contributed by atoms with Crippen molar-refractivity contribution in [1.29, 1.82) is 0 Å². The van der Waals surface area contributed by atoms with Crippen molar-refractivity contribution in [3.05, 3.63) is 48.4 Å². The molecular weight excluding hydrogens is 217 g/mol. The van der Waals surface area contributed by atoms with Crippen molar-refractivity contribution in [2.45, 2.75) is 6.18 Å². The predicted molar refractivity (Wildman–Crippen MR) is 51.3 cm³/mol. The highest BCUT2D eigenvalue weighted by Gasteiger charge is 2.30. The van der Waals surface area contributed by atoms with Crippen LogP contribution in [0.2, 0.25) is 0 Å². The van der Waals surface area contributed by atoms with Crippen LogP contribution in [-0.2, 0) is 6.18 Å². The van der Waals surface area contributed by atoms with Crippen molar-refractivity contribution < 1.29 is 13.2 Å². The molecule has 0 saturated carbocycles. The molecular formula is C11H6F3N2. The Labute approximate surface area is 89.8 Å². The van der Waals surface area contributed by atoms with E-state index in [-0.39, 0.29) is 0 Å². The number of benzene rings is 1. The van der Waals surface area contributed by atoms with Crippen LogP contribution in [0.25, 0.3) is 11.3 Å². The Morgan fingerprint density at radius 2 is 2.00 bits per heavy atom. The van der Waals surface area contributed by atoms with Gasteiger partial charge in [0.05, 0.1) is 23.7 Å². The van der Waals surface area contributed by atoms with Gasteiger partial charge < -0.3 is 0 Å². The number of alkyl halides is 3. The van der Waals surface area contributed by atoms with Crippen molar-refractivity contribution in [3.8, 4) is 11.3 Å². The van der Waals surface area contributed by atoms with Crippen LogP contribution < -0.4 is 0 Å². The Bertz CT molecular complexity index is 480. The summed E-state index contributed by atoms with van der Waals surface area (Å²) in [6.07, 6.45) is 0.869. The molecule has 0 saturated heterocycles. The molecule has 1 radical (unpaired) electrons. The first-order chi connectivity index (χ1) is 7.57. The van der Waals surface area contributed by atoms with Gasteiger partial charge in [-0.15, -0.1) is 0 Å². The summed E-state index contributed by atoms with van der Waals surface area (Å²) in [7, 11) is 0. The summed E-state index contributed by atoms with van der Waals surface area (Å²) < 4.78 is 37.3. The molecule has 1 heterocycles. The molecule has 0 fully saturated rings. The van der Waals surface area contributed by atoms with Gasteiger partial charge >= 0.3 is 6.18 Å². The van der Waals surface area contributed by atoms with Crippen molar-refractivity contribution in [2.24, 2.45) is 0 Å². The highest BCUT2D eigenvalue weighted by molar-refractivity contribution is 5.58. The lowest BCUT2D eigenvalue weighted by Crippen LogP contribution is -2.04. The lowest BCUT2D eigenvalue weighted by atomic mass is 10.1. The predicted octanol–water partition coefficient (Wildman–Crippen LogP) is 2.96. The Kier molecular flexibility index (Phi) is 2.60. The molecule has 0 N–H and O–H groups in total. The van der Waals surface area contributed by atoms with Crippen LogP contribution in [0.15, 0.2) is 36.7 Å². The second kappa shape index (κ2) is 3.92. The number of halogens is 3. The fourth-order valence-corrected chi connectivity index (χ4v) is 1.26. The Morgan fingerprint density at radius 1 is 1.19 bits per heavy atom. The van der Waals surface area contributed by atoms with E-state index in [9.17, 15) is 13.2 Å². The molecule has 0 amide bonds. The third-order valence-corrected chi connectivity index (χ3v) is 2.00. The number of rotatable bonds is 1. The normalized spacial score (nSPS) is 11.4. The molecule has 16 heavy (non-hydrogen) atoms. The van der Waals surface area contributed by atoms with E-state index in [1.54, 1.807) is 6.07 Å². The van der Waals surface area contributed by atoms with Gasteiger partial charge in [0.1, 0.15) is 6.20 Å². The van der Waals surface area contributed by atoms with E-state index in [2.05, 4.69) is 16.2 Å². The summed E-state index contributed by atoms with van der Waals surface area (Å²) in [5, 5.41) is 0. The average molecular weight is 223 g/mol. The lowest BCUT2D eigenvalue weighted by Gasteiger charge is -2.07. The van der Waals surface area contributed by atoms with E-state index >= 15 is 0 Å². The minimum atomic E-state index is -4.35. The number of hydrogen-bond acceptors (Lipinski definition) is 2. The van der Waals surface area contributed by atoms with E-state index in [1.807, 2.05) is 0 Å². The zero-order chi connectivity index (χ0) is 11.6. The molecule has 0 atom stereocenters. The number of aromatic nitrogens is 2. The van der Waals surface area contributed by atoms with Crippen molar-refractivity contribution in [2.75, 3.05) is 0 Å². The minimum Gasteiger partial charge on any atom is -0.260 e. The molecule has 0 aliphatic rings. The fraction of sp³-hybridized carbons (Fsp3) is 0.0909. The van der Waals surface area contributed by atoms with Gasteiger partial charge in [-0.25, -0.2) is 4.98 Å². The maximum atomic E-state index is 12.4. The molecule has 0 aliphatic carbocycles. The van der Waals surface area contributed by atoms with Crippen LogP contribution in [0, 0.1) is 6.20 Å². The van der Waals surface area contributed by atoms with Gasteiger partial charge in [0.15, 0.2) is 0 Å². The van der Waals surface area contributed by atoms with Crippen molar-refractivity contribution in [3.63, 3.8) is 0 Å². The summed E-state index contributed by atoms with van der Waals surface area (Å²) in [6.45, 7) is 0. The van der Waals surface area contributed by atoms with Crippen molar-refractivity contribution in [1.82, 2.24) is 9.97 Å². The number of hydrogen-bond donors (Lipinski definition) is 0. The first-order valence-corrected chi connectivity index (χ1v) is 4.43. The topological polar surface area (TPSA) is 25.8 Å². The molecule has 0 aliphatic heterocycles. The summed E-state index contributed by atoms with van der Waals surface area (Å²) in [4.78, 5) is 7.57. The van der Waals surface area contributed by atoms with Gasteiger partial charge in [0.25, 0.3) is 0 Å². The molecule has 2 nitrogen and oxygen atoms in total. The molecule has 0 spiro atoms. The van der Waals surface area contributed by atoms with E-state index < -0.39 is 11.7 Å². The van der Waals surface area contributed by atoms with Crippen LogP contribution in [0.1, 0.15) is 5.56 Å². The monoisotopic (exact) mass is 223 g/mol. The zero-order valence-electron chi connectivity index (χ0n) is 7.99. The maximum absolute atomic E-state index is 12.4. The molecule has 1 aromatic carbocycles. The molecule has 81 valence electrons. The smallest absolute Gasteiger partial charge is 0.260 e. The van der Waals surface area contributed by atoms with Gasteiger partial charge in [-0.3, -0.25) is 4.98 Å². The lowest BCUT2D eigenvalue weighted by molar-refractivity contribution is -0.137. The van der Waals surface area contributed by atoms with E-state index in [4.69, 9.17) is 0 Å². The standard InChI is InChI=1S/C11H6F3N2/c12-11(13,14)9-3-1-2-8(6-9)10-7-15-4-5-16-10/h1-4,6-7H. The molecule has 1 aromatic heterocycles. The van der Waals surface area contributed by atoms with Gasteiger partial charge in [0, 0.05) is 5.56 Å². The number of nitrogens with zero attached hydrogens (tertiary/aromatic N) is 2. The molecule has 2 aromatic rings. The fourth-order valence-electron chi connectivity index (χ4n) is 1.26. The van der Waals surface area contributed by atoms with Crippen molar-refractivity contribution >= 4 is 0 Å².